The van der Waals surface area contributed by atoms with E-state index in [1.807, 2.05) is 18.6 Å². The van der Waals surface area contributed by atoms with Crippen LogP contribution >= 0.6 is 11.6 Å². The molecule has 1 aromatic rings. The summed E-state index contributed by atoms with van der Waals surface area (Å²) in [5.74, 6) is 0. The van der Waals surface area contributed by atoms with Gasteiger partial charge in [-0.1, -0.05) is 11.6 Å². The van der Waals surface area contributed by atoms with Crippen molar-refractivity contribution >= 4 is 27.7 Å². The number of urea groups is 1. The standard InChI is InChI=1S/C12H17ClN2O3S/c1-4-15(9(2)3)12(16)14-19(17,18)11-7-5-10(13)6-8-11/h5-9H,4H2,1-3H3,(H,14,16). The molecule has 19 heavy (non-hydrogen) atoms. The molecule has 0 aromatic heterocycles. The van der Waals surface area contributed by atoms with E-state index in [9.17, 15) is 13.2 Å². The van der Waals surface area contributed by atoms with Gasteiger partial charge < -0.3 is 4.90 Å². The zero-order valence-corrected chi connectivity index (χ0v) is 12.6. The SMILES string of the molecule is CCN(C(=O)NS(=O)(=O)c1ccc(Cl)cc1)C(C)C. The maximum absolute atomic E-state index is 12.0. The van der Waals surface area contributed by atoms with Crippen molar-refractivity contribution in [2.24, 2.45) is 0 Å². The second-order valence-electron chi connectivity index (χ2n) is 4.24. The molecular formula is C12H17ClN2O3S. The Balaban J connectivity index is 2.91. The molecule has 0 aliphatic carbocycles. The third-order valence-corrected chi connectivity index (χ3v) is 4.16. The molecule has 1 rings (SSSR count). The second-order valence-corrected chi connectivity index (χ2v) is 6.36. The minimum Gasteiger partial charge on any atom is -0.322 e. The molecule has 0 fully saturated rings. The zero-order chi connectivity index (χ0) is 14.6. The number of nitrogens with one attached hydrogen (secondary N) is 1. The molecule has 0 radical (unpaired) electrons. The topological polar surface area (TPSA) is 66.5 Å². The van der Waals surface area contributed by atoms with E-state index in [0.29, 0.717) is 11.6 Å². The van der Waals surface area contributed by atoms with Crippen LogP contribution in [-0.4, -0.2) is 31.9 Å². The molecule has 0 aliphatic rings. The van der Waals surface area contributed by atoms with Gasteiger partial charge in [0.15, 0.2) is 0 Å². The van der Waals surface area contributed by atoms with Crippen LogP contribution in [0.2, 0.25) is 5.02 Å². The number of carbonyl (C=O) groups is 1. The number of carbonyl (C=O) groups excluding carboxylic acids is 1. The maximum atomic E-state index is 12.0. The van der Waals surface area contributed by atoms with Gasteiger partial charge in [0.05, 0.1) is 4.90 Å². The van der Waals surface area contributed by atoms with Gasteiger partial charge in [-0.05, 0) is 45.0 Å². The first-order valence-corrected chi connectivity index (χ1v) is 7.73. The number of hydrogen-bond donors (Lipinski definition) is 1. The molecule has 0 heterocycles. The number of benzene rings is 1. The van der Waals surface area contributed by atoms with E-state index in [4.69, 9.17) is 11.6 Å². The highest BCUT2D eigenvalue weighted by molar-refractivity contribution is 7.90. The van der Waals surface area contributed by atoms with Gasteiger partial charge in [0, 0.05) is 17.6 Å². The third-order valence-electron chi connectivity index (χ3n) is 2.57. The van der Waals surface area contributed by atoms with Crippen LogP contribution in [0.15, 0.2) is 29.2 Å². The van der Waals surface area contributed by atoms with Gasteiger partial charge in [-0.25, -0.2) is 17.9 Å². The lowest BCUT2D eigenvalue weighted by Gasteiger charge is -2.25. The van der Waals surface area contributed by atoms with Crippen LogP contribution in [0.5, 0.6) is 0 Å². The minimum absolute atomic E-state index is 0.00468. The van der Waals surface area contributed by atoms with Gasteiger partial charge in [-0.15, -0.1) is 0 Å². The summed E-state index contributed by atoms with van der Waals surface area (Å²) >= 11 is 5.69. The third kappa shape index (κ3) is 4.11. The highest BCUT2D eigenvalue weighted by Crippen LogP contribution is 2.14. The molecule has 106 valence electrons. The van der Waals surface area contributed by atoms with Gasteiger partial charge in [0.1, 0.15) is 0 Å². The molecule has 0 bridgehead atoms. The summed E-state index contributed by atoms with van der Waals surface area (Å²) in [4.78, 5) is 13.3. The molecule has 0 unspecified atom stereocenters. The lowest BCUT2D eigenvalue weighted by atomic mass is 10.3. The van der Waals surface area contributed by atoms with Gasteiger partial charge in [0.25, 0.3) is 10.0 Å². The summed E-state index contributed by atoms with van der Waals surface area (Å²) in [6.45, 7) is 5.85. The van der Waals surface area contributed by atoms with Crippen molar-refractivity contribution in [2.45, 2.75) is 31.7 Å². The van der Waals surface area contributed by atoms with Crippen LogP contribution in [0, 0.1) is 0 Å². The predicted octanol–water partition coefficient (Wildman–Crippen LogP) is 2.47. The van der Waals surface area contributed by atoms with E-state index in [-0.39, 0.29) is 10.9 Å². The average Bonchev–Trinajstić information content (AvgIpc) is 2.29. The molecule has 0 saturated heterocycles. The lowest BCUT2D eigenvalue weighted by molar-refractivity contribution is 0.193. The van der Waals surface area contributed by atoms with Crippen molar-refractivity contribution in [3.8, 4) is 0 Å². The van der Waals surface area contributed by atoms with Crippen LogP contribution in [0.3, 0.4) is 0 Å². The van der Waals surface area contributed by atoms with Crippen molar-refractivity contribution in [3.63, 3.8) is 0 Å². The Morgan fingerprint density at radius 3 is 2.26 bits per heavy atom. The van der Waals surface area contributed by atoms with Gasteiger partial charge >= 0.3 is 6.03 Å². The Labute approximate surface area is 118 Å². The normalized spacial score (nSPS) is 11.4. The number of sulfonamides is 1. The van der Waals surface area contributed by atoms with E-state index >= 15 is 0 Å². The summed E-state index contributed by atoms with van der Waals surface area (Å²) in [5, 5.41) is 0.433. The van der Waals surface area contributed by atoms with Crippen LogP contribution in [-0.2, 0) is 10.0 Å². The smallest absolute Gasteiger partial charge is 0.322 e. The van der Waals surface area contributed by atoms with E-state index in [1.165, 1.54) is 29.2 Å². The molecule has 0 spiro atoms. The van der Waals surface area contributed by atoms with E-state index in [0.717, 1.165) is 0 Å². The first kappa shape index (κ1) is 15.8. The fraction of sp³-hybridized carbons (Fsp3) is 0.417. The number of halogens is 1. The number of nitrogens with zero attached hydrogens (tertiary/aromatic N) is 1. The van der Waals surface area contributed by atoms with E-state index < -0.39 is 16.1 Å². The first-order valence-electron chi connectivity index (χ1n) is 5.87. The van der Waals surface area contributed by atoms with Crippen molar-refractivity contribution in [3.05, 3.63) is 29.3 Å². The summed E-state index contributed by atoms with van der Waals surface area (Å²) in [7, 11) is -3.86. The van der Waals surface area contributed by atoms with Gasteiger partial charge in [-0.2, -0.15) is 0 Å². The molecule has 0 aliphatic heterocycles. The fourth-order valence-corrected chi connectivity index (χ4v) is 2.67. The summed E-state index contributed by atoms with van der Waals surface area (Å²) in [6.07, 6.45) is 0. The van der Waals surface area contributed by atoms with Crippen LogP contribution in [0.25, 0.3) is 0 Å². The Bertz CT molecular complexity index is 541. The largest absolute Gasteiger partial charge is 0.331 e. The van der Waals surface area contributed by atoms with Crippen molar-refractivity contribution in [1.82, 2.24) is 9.62 Å². The van der Waals surface area contributed by atoms with Crippen molar-refractivity contribution in [1.29, 1.82) is 0 Å². The molecular weight excluding hydrogens is 288 g/mol. The Hall–Kier alpha value is -1.27. The molecule has 1 N–H and O–H groups in total. The molecule has 7 heteroatoms. The van der Waals surface area contributed by atoms with E-state index in [2.05, 4.69) is 0 Å². The summed E-state index contributed by atoms with van der Waals surface area (Å²) in [5.41, 5.74) is 0. The zero-order valence-electron chi connectivity index (χ0n) is 11.1. The second kappa shape index (κ2) is 6.25. The summed E-state index contributed by atoms with van der Waals surface area (Å²) in [6, 6.07) is 4.91. The van der Waals surface area contributed by atoms with Crippen LogP contribution in [0.4, 0.5) is 4.79 Å². The van der Waals surface area contributed by atoms with Gasteiger partial charge in [-0.3, -0.25) is 0 Å². The fourth-order valence-electron chi connectivity index (χ4n) is 1.59. The maximum Gasteiger partial charge on any atom is 0.331 e. The van der Waals surface area contributed by atoms with Crippen molar-refractivity contribution in [2.75, 3.05) is 6.54 Å². The molecule has 5 nitrogen and oxygen atoms in total. The Kier molecular flexibility index (Phi) is 5.20. The lowest BCUT2D eigenvalue weighted by Crippen LogP contribution is -2.45. The van der Waals surface area contributed by atoms with E-state index in [1.54, 1.807) is 6.92 Å². The van der Waals surface area contributed by atoms with Crippen LogP contribution < -0.4 is 4.72 Å². The van der Waals surface area contributed by atoms with Crippen LogP contribution in [0.1, 0.15) is 20.8 Å². The molecule has 1 aromatic carbocycles. The molecule has 0 saturated carbocycles. The average molecular weight is 305 g/mol. The van der Waals surface area contributed by atoms with Crippen molar-refractivity contribution < 1.29 is 13.2 Å². The molecule has 0 atom stereocenters. The Morgan fingerprint density at radius 2 is 1.84 bits per heavy atom. The Morgan fingerprint density at radius 1 is 1.32 bits per heavy atom. The minimum atomic E-state index is -3.86. The predicted molar refractivity (Wildman–Crippen MR) is 74.7 cm³/mol. The highest BCUT2D eigenvalue weighted by Gasteiger charge is 2.22. The number of rotatable bonds is 4. The van der Waals surface area contributed by atoms with Gasteiger partial charge in [0.2, 0.25) is 0 Å². The number of amides is 2. The molecule has 2 amide bonds. The number of hydrogen-bond acceptors (Lipinski definition) is 3. The summed E-state index contributed by atoms with van der Waals surface area (Å²) < 4.78 is 26.0. The quantitative estimate of drug-likeness (QED) is 0.929. The first-order chi connectivity index (χ1) is 8.77. The monoisotopic (exact) mass is 304 g/mol. The highest BCUT2D eigenvalue weighted by atomic mass is 35.5.